The maximum Gasteiger partial charge on any atom is 0.315 e. The number of hydrogen-bond acceptors (Lipinski definition) is 4. The zero-order chi connectivity index (χ0) is 16.1. The van der Waals surface area contributed by atoms with E-state index in [1.54, 1.807) is 0 Å². The lowest BCUT2D eigenvalue weighted by Crippen LogP contribution is -2.50. The van der Waals surface area contributed by atoms with Crippen LogP contribution in [0.4, 0.5) is 0 Å². The quantitative estimate of drug-likeness (QED) is 0.621. The third kappa shape index (κ3) is 2.65. The highest BCUT2D eigenvalue weighted by Crippen LogP contribution is 2.60. The van der Waals surface area contributed by atoms with Crippen LogP contribution in [0.5, 0.6) is 0 Å². The van der Waals surface area contributed by atoms with Gasteiger partial charge in [-0.3, -0.25) is 0 Å². The van der Waals surface area contributed by atoms with Crippen molar-refractivity contribution < 1.29 is 19.4 Å². The van der Waals surface area contributed by atoms with Gasteiger partial charge in [-0.2, -0.15) is 4.89 Å². The zero-order valence-corrected chi connectivity index (χ0v) is 14.6. The highest BCUT2D eigenvalue weighted by Gasteiger charge is 2.52. The summed E-state index contributed by atoms with van der Waals surface area (Å²) in [5.74, 6) is 2.72. The molecule has 4 nitrogen and oxygen atoms in total. The van der Waals surface area contributed by atoms with Gasteiger partial charge < -0.3 is 9.63 Å². The first-order valence-electron chi connectivity index (χ1n) is 9.05. The van der Waals surface area contributed by atoms with E-state index in [1.807, 2.05) is 30.3 Å². The number of ether oxygens (including phenoxy) is 1. The Morgan fingerprint density at radius 2 is 1.67 bits per heavy atom. The van der Waals surface area contributed by atoms with Crippen LogP contribution in [0.15, 0.2) is 30.3 Å². The number of benzene rings is 1. The van der Waals surface area contributed by atoms with E-state index in [9.17, 15) is 4.89 Å². The minimum atomic E-state index is -1.74. The van der Waals surface area contributed by atoms with Crippen molar-refractivity contribution in [3.8, 4) is 0 Å². The van der Waals surface area contributed by atoms with Gasteiger partial charge >= 0.3 is 5.48 Å². The van der Waals surface area contributed by atoms with Gasteiger partial charge in [0.2, 0.25) is 0 Å². The van der Waals surface area contributed by atoms with E-state index in [4.69, 9.17) is 14.5 Å². The average Bonchev–Trinajstić information content (AvgIpc) is 2.53. The first-order valence-corrected chi connectivity index (χ1v) is 10.3. The second-order valence-electron chi connectivity index (χ2n) is 8.21. The number of rotatable bonds is 4. The summed E-state index contributed by atoms with van der Waals surface area (Å²) in [6.45, 7) is 0.714. The monoisotopic (exact) mass is 346 g/mol. The molecule has 1 aliphatic heterocycles. The Labute approximate surface area is 143 Å². The molecule has 0 radical (unpaired) electrons. The van der Waals surface area contributed by atoms with E-state index >= 15 is 0 Å². The Morgan fingerprint density at radius 3 is 2.21 bits per heavy atom. The molecule has 5 heteroatoms. The summed E-state index contributed by atoms with van der Waals surface area (Å²) in [6.07, 6.45) is 7.62. The van der Waals surface area contributed by atoms with Gasteiger partial charge in [0.15, 0.2) is 0 Å². The van der Waals surface area contributed by atoms with Crippen LogP contribution >= 0.6 is 7.77 Å². The lowest BCUT2D eigenvalue weighted by Gasteiger charge is -2.56. The smallest absolute Gasteiger partial charge is 0.315 e. The molecular formula is C19H23O4P. The first-order chi connectivity index (χ1) is 11.7. The van der Waals surface area contributed by atoms with Crippen LogP contribution < -0.4 is 10.2 Å². The molecule has 1 aromatic rings. The zero-order valence-electron chi connectivity index (χ0n) is 13.7. The molecule has 0 amide bonds. The van der Waals surface area contributed by atoms with Crippen molar-refractivity contribution >= 4 is 18.6 Å². The summed E-state index contributed by atoms with van der Waals surface area (Å²) in [5, 5.41) is 0.759. The molecule has 0 aromatic heterocycles. The largest absolute Gasteiger partial charge is 0.624 e. The van der Waals surface area contributed by atoms with Crippen molar-refractivity contribution in [3.63, 3.8) is 0 Å². The maximum atomic E-state index is 12.6. The Bertz CT molecular complexity index is 621. The van der Waals surface area contributed by atoms with Crippen molar-refractivity contribution in [1.82, 2.24) is 0 Å². The lowest BCUT2D eigenvalue weighted by atomic mass is 9.50. The highest BCUT2D eigenvalue weighted by molar-refractivity contribution is 7.59. The topological polar surface area (TPSA) is 50.8 Å². The van der Waals surface area contributed by atoms with Crippen molar-refractivity contribution in [1.29, 1.82) is 0 Å². The van der Waals surface area contributed by atoms with E-state index in [2.05, 4.69) is 0 Å². The highest BCUT2D eigenvalue weighted by atomic mass is 31.1. The Balaban J connectivity index is 1.28. The van der Waals surface area contributed by atoms with Gasteiger partial charge in [-0.15, -0.1) is 4.89 Å². The fourth-order valence-electron chi connectivity index (χ4n) is 5.77. The molecule has 0 spiro atoms. The minimum absolute atomic E-state index is 0.331. The van der Waals surface area contributed by atoms with Crippen LogP contribution in [-0.2, 0) is 14.5 Å². The van der Waals surface area contributed by atoms with E-state index in [1.165, 1.54) is 38.5 Å². The fourth-order valence-corrected chi connectivity index (χ4v) is 6.89. The Morgan fingerprint density at radius 1 is 1.04 bits per heavy atom. The van der Waals surface area contributed by atoms with Crippen molar-refractivity contribution in [2.24, 2.45) is 23.2 Å². The van der Waals surface area contributed by atoms with Gasteiger partial charge in [-0.05, 0) is 73.8 Å². The van der Waals surface area contributed by atoms with Gasteiger partial charge in [0.25, 0.3) is 6.29 Å². The predicted octanol–water partition coefficient (Wildman–Crippen LogP) is 2.72. The van der Waals surface area contributed by atoms with E-state index in [0.717, 1.165) is 23.1 Å². The molecular weight excluding hydrogens is 323 g/mol. The van der Waals surface area contributed by atoms with Crippen LogP contribution in [-0.4, -0.2) is 18.4 Å². The van der Waals surface area contributed by atoms with Crippen molar-refractivity contribution in [3.05, 3.63) is 30.3 Å². The molecule has 4 bridgehead atoms. The molecule has 1 aromatic carbocycles. The van der Waals surface area contributed by atoms with Gasteiger partial charge in [0, 0.05) is 0 Å². The summed E-state index contributed by atoms with van der Waals surface area (Å²) in [6, 6.07) is 9.38. The third-order valence-electron chi connectivity index (χ3n) is 6.32. The summed E-state index contributed by atoms with van der Waals surface area (Å²) < 4.78 is 6.05. The van der Waals surface area contributed by atoms with Gasteiger partial charge in [-0.1, -0.05) is 18.2 Å². The molecule has 6 rings (SSSR count). The second-order valence-corrected chi connectivity index (χ2v) is 9.75. The van der Waals surface area contributed by atoms with E-state index < -0.39 is 14.1 Å². The number of hydrogen-bond donors (Lipinski definition) is 0. The normalized spacial score (nSPS) is 42.0. The summed E-state index contributed by atoms with van der Waals surface area (Å²) in [5.41, 5.74) is 0.762. The fraction of sp³-hybridized carbons (Fsp3) is 0.632. The van der Waals surface area contributed by atoms with Crippen LogP contribution in [0.25, 0.3) is 0 Å². The van der Waals surface area contributed by atoms with Gasteiger partial charge in [0.05, 0.1) is 6.61 Å². The molecule has 4 aliphatic carbocycles. The van der Waals surface area contributed by atoms with Crippen LogP contribution in [0.1, 0.15) is 38.5 Å². The Kier molecular flexibility index (Phi) is 3.80. The van der Waals surface area contributed by atoms with Crippen molar-refractivity contribution in [2.45, 2.75) is 44.8 Å². The molecule has 5 aliphatic rings. The SMILES string of the molecule is [O-][P+](=C1OOC1OCC12CC3CC(CC(C3)C1)C2)c1ccccc1. The molecule has 128 valence electrons. The Hall–Kier alpha value is -0.770. The maximum absolute atomic E-state index is 12.6. The standard InChI is InChI=1S/C19H23O4P/c20-24(16-4-2-1-3-5-16)18-17(22-23-18)21-12-19-9-13-6-14(10-19)8-15(7-13)11-19/h1-5,13-15,17H,6-12H2. The van der Waals surface area contributed by atoms with E-state index in [0.29, 0.717) is 17.5 Å². The molecule has 2 unspecified atom stereocenters. The summed E-state index contributed by atoms with van der Waals surface area (Å²) in [4.78, 5) is 22.7. The van der Waals surface area contributed by atoms with Crippen LogP contribution in [0, 0.1) is 23.2 Å². The molecule has 0 N–H and O–H groups in total. The molecule has 1 heterocycles. The first kappa shape index (κ1) is 15.5. The average molecular weight is 346 g/mol. The van der Waals surface area contributed by atoms with Gasteiger partial charge in [0.1, 0.15) is 13.1 Å². The van der Waals surface area contributed by atoms with Gasteiger partial charge in [-0.25, -0.2) is 0 Å². The molecule has 24 heavy (non-hydrogen) atoms. The molecule has 2 atom stereocenters. The summed E-state index contributed by atoms with van der Waals surface area (Å²) >= 11 is 0. The van der Waals surface area contributed by atoms with Crippen LogP contribution in [0.3, 0.4) is 0 Å². The molecule has 4 saturated carbocycles. The van der Waals surface area contributed by atoms with Crippen LogP contribution in [0.2, 0.25) is 0 Å². The summed E-state index contributed by atoms with van der Waals surface area (Å²) in [7, 11) is -1.74. The minimum Gasteiger partial charge on any atom is -0.624 e. The van der Waals surface area contributed by atoms with E-state index in [-0.39, 0.29) is 0 Å². The lowest BCUT2D eigenvalue weighted by molar-refractivity contribution is -0.378. The third-order valence-corrected chi connectivity index (χ3v) is 7.77. The molecule has 1 saturated heterocycles. The predicted molar refractivity (Wildman–Crippen MR) is 90.5 cm³/mol. The van der Waals surface area contributed by atoms with Crippen molar-refractivity contribution in [2.75, 3.05) is 6.61 Å². The molecule has 5 fully saturated rings. The second kappa shape index (κ2) is 5.89.